The summed E-state index contributed by atoms with van der Waals surface area (Å²) in [7, 11) is 0. The van der Waals surface area contributed by atoms with E-state index < -0.39 is 5.82 Å². The van der Waals surface area contributed by atoms with Gasteiger partial charge in [0.05, 0.1) is 5.56 Å². The third-order valence-corrected chi connectivity index (χ3v) is 1.88. The minimum atomic E-state index is -0.454. The van der Waals surface area contributed by atoms with Crippen LogP contribution in [0.3, 0.4) is 0 Å². The van der Waals surface area contributed by atoms with Crippen LogP contribution in [-0.2, 0) is 6.42 Å². The number of benzene rings is 1. The molecule has 3 heteroatoms. The van der Waals surface area contributed by atoms with Crippen molar-refractivity contribution in [1.82, 2.24) is 0 Å². The summed E-state index contributed by atoms with van der Waals surface area (Å²) in [4.78, 5) is 10.4. The molecule has 0 aliphatic heterocycles. The van der Waals surface area contributed by atoms with Gasteiger partial charge >= 0.3 is 0 Å². The SMILES string of the molecule is CCCc1c(F)ccc(C=O)c1O. The van der Waals surface area contributed by atoms with Crippen molar-refractivity contribution < 1.29 is 14.3 Å². The summed E-state index contributed by atoms with van der Waals surface area (Å²) in [5.41, 5.74) is 0.372. The van der Waals surface area contributed by atoms with E-state index in [9.17, 15) is 14.3 Å². The number of hydrogen-bond acceptors (Lipinski definition) is 2. The van der Waals surface area contributed by atoms with Crippen molar-refractivity contribution in [3.05, 3.63) is 29.1 Å². The Kier molecular flexibility index (Phi) is 3.01. The van der Waals surface area contributed by atoms with Crippen LogP contribution < -0.4 is 0 Å². The molecule has 0 unspecified atom stereocenters. The van der Waals surface area contributed by atoms with Crippen molar-refractivity contribution in [2.45, 2.75) is 19.8 Å². The molecular formula is C10H11FO2. The zero-order valence-electron chi connectivity index (χ0n) is 7.38. The zero-order chi connectivity index (χ0) is 9.84. The van der Waals surface area contributed by atoms with Gasteiger partial charge in [-0.1, -0.05) is 13.3 Å². The van der Waals surface area contributed by atoms with E-state index in [0.717, 1.165) is 6.42 Å². The molecule has 1 aromatic carbocycles. The normalized spacial score (nSPS) is 10.0. The molecule has 0 amide bonds. The summed E-state index contributed by atoms with van der Waals surface area (Å²) < 4.78 is 13.1. The number of phenolic OH excluding ortho intramolecular Hbond substituents is 1. The van der Waals surface area contributed by atoms with E-state index in [4.69, 9.17) is 0 Å². The minimum absolute atomic E-state index is 0.143. The number of carbonyl (C=O) groups is 1. The van der Waals surface area contributed by atoms with Crippen LogP contribution in [0.25, 0.3) is 0 Å². The van der Waals surface area contributed by atoms with E-state index in [1.807, 2.05) is 6.92 Å². The van der Waals surface area contributed by atoms with Gasteiger partial charge < -0.3 is 5.11 Å². The topological polar surface area (TPSA) is 37.3 Å². The predicted octanol–water partition coefficient (Wildman–Crippen LogP) is 2.30. The second-order valence-corrected chi connectivity index (χ2v) is 2.83. The molecular weight excluding hydrogens is 171 g/mol. The van der Waals surface area contributed by atoms with E-state index >= 15 is 0 Å². The van der Waals surface area contributed by atoms with E-state index in [-0.39, 0.29) is 16.9 Å². The molecule has 0 aliphatic carbocycles. The Hall–Kier alpha value is -1.38. The number of halogens is 1. The van der Waals surface area contributed by atoms with Crippen LogP contribution in [-0.4, -0.2) is 11.4 Å². The highest BCUT2D eigenvalue weighted by Gasteiger charge is 2.10. The van der Waals surface area contributed by atoms with Crippen LogP contribution in [0.15, 0.2) is 12.1 Å². The fraction of sp³-hybridized carbons (Fsp3) is 0.300. The highest BCUT2D eigenvalue weighted by atomic mass is 19.1. The van der Waals surface area contributed by atoms with Gasteiger partial charge in [-0.15, -0.1) is 0 Å². The molecule has 0 saturated heterocycles. The Morgan fingerprint density at radius 3 is 2.77 bits per heavy atom. The average Bonchev–Trinajstić information content (AvgIpc) is 2.12. The first-order chi connectivity index (χ1) is 6.20. The fourth-order valence-electron chi connectivity index (χ4n) is 1.21. The lowest BCUT2D eigenvalue weighted by Gasteiger charge is -2.05. The number of carbonyl (C=O) groups excluding carboxylic acids is 1. The smallest absolute Gasteiger partial charge is 0.153 e. The Morgan fingerprint density at radius 1 is 1.54 bits per heavy atom. The number of aldehydes is 1. The fourth-order valence-corrected chi connectivity index (χ4v) is 1.21. The number of phenols is 1. The van der Waals surface area contributed by atoms with Crippen molar-refractivity contribution in [2.75, 3.05) is 0 Å². The molecule has 0 fully saturated rings. The Morgan fingerprint density at radius 2 is 2.23 bits per heavy atom. The van der Waals surface area contributed by atoms with E-state index in [1.54, 1.807) is 0 Å². The monoisotopic (exact) mass is 182 g/mol. The van der Waals surface area contributed by atoms with Gasteiger partial charge in [-0.2, -0.15) is 0 Å². The quantitative estimate of drug-likeness (QED) is 0.728. The summed E-state index contributed by atoms with van der Waals surface area (Å²) in [6.45, 7) is 1.88. The van der Waals surface area contributed by atoms with Crippen LogP contribution in [0.2, 0.25) is 0 Å². The highest BCUT2D eigenvalue weighted by molar-refractivity contribution is 5.79. The lowest BCUT2D eigenvalue weighted by molar-refractivity contribution is 0.112. The molecule has 0 aliphatic rings. The third kappa shape index (κ3) is 1.86. The van der Waals surface area contributed by atoms with Gasteiger partial charge in [-0.3, -0.25) is 4.79 Å². The highest BCUT2D eigenvalue weighted by Crippen LogP contribution is 2.25. The molecule has 1 aromatic rings. The molecule has 0 radical (unpaired) electrons. The van der Waals surface area contributed by atoms with Crippen LogP contribution in [0.1, 0.15) is 29.3 Å². The van der Waals surface area contributed by atoms with Crippen molar-refractivity contribution >= 4 is 6.29 Å². The molecule has 0 heterocycles. The molecule has 1 rings (SSSR count). The van der Waals surface area contributed by atoms with Gasteiger partial charge in [0.25, 0.3) is 0 Å². The lowest BCUT2D eigenvalue weighted by Crippen LogP contribution is -1.94. The summed E-state index contributed by atoms with van der Waals surface area (Å²) >= 11 is 0. The molecule has 0 saturated carbocycles. The maximum absolute atomic E-state index is 13.1. The van der Waals surface area contributed by atoms with Gasteiger partial charge in [-0.05, 0) is 18.6 Å². The molecule has 0 spiro atoms. The Labute approximate surface area is 76.0 Å². The first-order valence-electron chi connectivity index (χ1n) is 4.16. The van der Waals surface area contributed by atoms with Crippen LogP contribution in [0, 0.1) is 5.82 Å². The molecule has 13 heavy (non-hydrogen) atoms. The van der Waals surface area contributed by atoms with Gasteiger partial charge in [0.1, 0.15) is 11.6 Å². The largest absolute Gasteiger partial charge is 0.507 e. The van der Waals surface area contributed by atoms with E-state index in [0.29, 0.717) is 12.7 Å². The molecule has 2 nitrogen and oxygen atoms in total. The summed E-state index contributed by atoms with van der Waals surface area (Å²) in [5, 5.41) is 9.43. The van der Waals surface area contributed by atoms with Crippen molar-refractivity contribution in [3.63, 3.8) is 0 Å². The van der Waals surface area contributed by atoms with Crippen molar-refractivity contribution in [1.29, 1.82) is 0 Å². The number of rotatable bonds is 3. The summed E-state index contributed by atoms with van der Waals surface area (Å²) in [6.07, 6.45) is 1.69. The number of aromatic hydroxyl groups is 1. The Bertz CT molecular complexity index is 321. The maximum Gasteiger partial charge on any atom is 0.153 e. The van der Waals surface area contributed by atoms with E-state index in [2.05, 4.69) is 0 Å². The molecule has 70 valence electrons. The van der Waals surface area contributed by atoms with E-state index in [1.165, 1.54) is 12.1 Å². The first-order valence-corrected chi connectivity index (χ1v) is 4.16. The Balaban J connectivity index is 3.21. The van der Waals surface area contributed by atoms with Crippen LogP contribution in [0.4, 0.5) is 4.39 Å². The lowest BCUT2D eigenvalue weighted by atomic mass is 10.0. The second-order valence-electron chi connectivity index (χ2n) is 2.83. The van der Waals surface area contributed by atoms with Crippen molar-refractivity contribution in [3.8, 4) is 5.75 Å². The molecule has 0 bridgehead atoms. The standard InChI is InChI=1S/C10H11FO2/c1-2-3-8-9(11)5-4-7(6-12)10(8)13/h4-6,13H,2-3H2,1H3. The summed E-state index contributed by atoms with van der Waals surface area (Å²) in [5.74, 6) is -0.679. The van der Waals surface area contributed by atoms with Gasteiger partial charge in [-0.25, -0.2) is 4.39 Å². The van der Waals surface area contributed by atoms with Gasteiger partial charge in [0.15, 0.2) is 6.29 Å². The predicted molar refractivity (Wildman–Crippen MR) is 47.4 cm³/mol. The molecule has 1 N–H and O–H groups in total. The number of hydrogen-bond donors (Lipinski definition) is 1. The van der Waals surface area contributed by atoms with Gasteiger partial charge in [0, 0.05) is 5.56 Å². The third-order valence-electron chi connectivity index (χ3n) is 1.88. The summed E-state index contributed by atoms with van der Waals surface area (Å²) in [6, 6.07) is 2.48. The second kappa shape index (κ2) is 4.03. The molecule has 0 aromatic heterocycles. The van der Waals surface area contributed by atoms with Crippen LogP contribution in [0.5, 0.6) is 5.75 Å². The first kappa shape index (κ1) is 9.71. The van der Waals surface area contributed by atoms with Gasteiger partial charge in [0.2, 0.25) is 0 Å². The van der Waals surface area contributed by atoms with Crippen LogP contribution >= 0.6 is 0 Å². The minimum Gasteiger partial charge on any atom is -0.507 e. The zero-order valence-corrected chi connectivity index (χ0v) is 7.38. The van der Waals surface area contributed by atoms with Crippen molar-refractivity contribution in [2.24, 2.45) is 0 Å². The average molecular weight is 182 g/mol. The molecule has 0 atom stereocenters. The maximum atomic E-state index is 13.1.